The van der Waals surface area contributed by atoms with Crippen molar-refractivity contribution in [1.82, 2.24) is 4.31 Å². The second-order valence-corrected chi connectivity index (χ2v) is 9.34. The van der Waals surface area contributed by atoms with Crippen molar-refractivity contribution in [2.45, 2.75) is 44.2 Å². The van der Waals surface area contributed by atoms with Crippen LogP contribution in [-0.2, 0) is 33.8 Å². The van der Waals surface area contributed by atoms with Crippen molar-refractivity contribution in [1.29, 1.82) is 0 Å². The van der Waals surface area contributed by atoms with Crippen LogP contribution in [0.15, 0.2) is 47.4 Å². The summed E-state index contributed by atoms with van der Waals surface area (Å²) in [5.41, 5.74) is 1.17. The first-order valence-electron chi connectivity index (χ1n) is 10.2. The van der Waals surface area contributed by atoms with Gasteiger partial charge < -0.3 is 4.90 Å². The summed E-state index contributed by atoms with van der Waals surface area (Å²) < 4.78 is 65.2. The molecule has 2 aromatic rings. The van der Waals surface area contributed by atoms with Crippen LogP contribution in [0, 0.1) is 0 Å². The van der Waals surface area contributed by atoms with Gasteiger partial charge >= 0.3 is 6.18 Å². The number of carbonyl (C=O) groups excluding carboxylic acids is 1. The van der Waals surface area contributed by atoms with E-state index in [9.17, 15) is 26.4 Å². The second kappa shape index (κ2) is 9.00. The van der Waals surface area contributed by atoms with Gasteiger partial charge in [0.25, 0.3) is 0 Å². The fourth-order valence-electron chi connectivity index (χ4n) is 3.79. The smallest absolute Gasteiger partial charge is 0.312 e. The fourth-order valence-corrected chi connectivity index (χ4v) is 5.30. The molecule has 0 fully saturated rings. The highest BCUT2D eigenvalue weighted by Crippen LogP contribution is 2.32. The Balaban J connectivity index is 1.82. The summed E-state index contributed by atoms with van der Waals surface area (Å²) in [6, 6.07) is 9.34. The summed E-state index contributed by atoms with van der Waals surface area (Å²) in [5, 5.41) is 0. The van der Waals surface area contributed by atoms with Crippen LogP contribution < -0.4 is 4.90 Å². The second-order valence-electron chi connectivity index (χ2n) is 7.40. The average Bonchev–Trinajstić information content (AvgIpc) is 2.73. The molecule has 1 aliphatic rings. The minimum atomic E-state index is -4.42. The van der Waals surface area contributed by atoms with E-state index < -0.39 is 21.8 Å². The highest BCUT2D eigenvalue weighted by Gasteiger charge is 2.30. The molecular formula is C22H25F3N2O3S. The molecule has 0 N–H and O–H groups in total. The molecule has 0 saturated heterocycles. The van der Waals surface area contributed by atoms with E-state index in [4.69, 9.17) is 0 Å². The lowest BCUT2D eigenvalue weighted by Crippen LogP contribution is -2.37. The number of benzene rings is 2. The third-order valence-electron chi connectivity index (χ3n) is 5.45. The van der Waals surface area contributed by atoms with Crippen molar-refractivity contribution in [3.05, 3.63) is 59.2 Å². The van der Waals surface area contributed by atoms with Crippen LogP contribution in [0.1, 0.15) is 37.0 Å². The van der Waals surface area contributed by atoms with Gasteiger partial charge in [0.1, 0.15) is 0 Å². The lowest BCUT2D eigenvalue weighted by atomic mass is 10.0. The van der Waals surface area contributed by atoms with E-state index in [1.54, 1.807) is 30.9 Å². The molecule has 5 nitrogen and oxygen atoms in total. The van der Waals surface area contributed by atoms with Gasteiger partial charge in [-0.1, -0.05) is 26.0 Å². The molecule has 168 valence electrons. The van der Waals surface area contributed by atoms with Crippen molar-refractivity contribution < 1.29 is 26.4 Å². The van der Waals surface area contributed by atoms with Crippen LogP contribution in [0.5, 0.6) is 0 Å². The predicted octanol–water partition coefficient (Wildman–Crippen LogP) is 4.26. The van der Waals surface area contributed by atoms with Gasteiger partial charge in [0.15, 0.2) is 0 Å². The molecular weight excluding hydrogens is 429 g/mol. The third kappa shape index (κ3) is 4.93. The number of alkyl halides is 3. The Bertz CT molecular complexity index is 1050. The number of carbonyl (C=O) groups is 1. The summed E-state index contributed by atoms with van der Waals surface area (Å²) in [6.07, 6.45) is -3.11. The molecule has 0 spiro atoms. The standard InChI is InChI=1S/C22H25F3N2O3S/c1-3-26(4-2)31(29,30)19-11-12-20-17(15-19)6-5-13-27(20)21(28)14-16-7-9-18(10-8-16)22(23,24)25/h7-12,15H,3-6,13-14H2,1-2H3. The van der Waals surface area contributed by atoms with E-state index in [-0.39, 0.29) is 17.2 Å². The number of anilines is 1. The van der Waals surface area contributed by atoms with E-state index in [2.05, 4.69) is 0 Å². The number of fused-ring (bicyclic) bond motifs is 1. The summed E-state index contributed by atoms with van der Waals surface area (Å²) in [5.74, 6) is -0.236. The maximum atomic E-state index is 12.9. The van der Waals surface area contributed by atoms with E-state index in [0.29, 0.717) is 43.7 Å². The van der Waals surface area contributed by atoms with Gasteiger partial charge in [-0.25, -0.2) is 8.42 Å². The summed E-state index contributed by atoms with van der Waals surface area (Å²) >= 11 is 0. The molecule has 0 radical (unpaired) electrons. The van der Waals surface area contributed by atoms with Crippen molar-refractivity contribution in [3.63, 3.8) is 0 Å². The van der Waals surface area contributed by atoms with E-state index in [1.807, 2.05) is 0 Å². The van der Waals surface area contributed by atoms with Crippen molar-refractivity contribution in [2.75, 3.05) is 24.5 Å². The number of hydrogen-bond donors (Lipinski definition) is 0. The average molecular weight is 455 g/mol. The lowest BCUT2D eigenvalue weighted by Gasteiger charge is -2.30. The number of rotatable bonds is 6. The number of halogens is 3. The summed E-state index contributed by atoms with van der Waals surface area (Å²) in [6.45, 7) is 4.78. The molecule has 3 rings (SSSR count). The van der Waals surface area contributed by atoms with Crippen LogP contribution in [0.25, 0.3) is 0 Å². The van der Waals surface area contributed by atoms with E-state index >= 15 is 0 Å². The minimum absolute atomic E-state index is 0.0307. The van der Waals surface area contributed by atoms with Gasteiger partial charge in [0, 0.05) is 25.3 Å². The van der Waals surface area contributed by atoms with Crippen LogP contribution in [0.3, 0.4) is 0 Å². The molecule has 0 atom stereocenters. The minimum Gasteiger partial charge on any atom is -0.312 e. The molecule has 0 aromatic heterocycles. The first-order chi connectivity index (χ1) is 14.6. The zero-order valence-electron chi connectivity index (χ0n) is 17.4. The van der Waals surface area contributed by atoms with E-state index in [1.165, 1.54) is 22.5 Å². The molecule has 0 aliphatic carbocycles. The zero-order valence-corrected chi connectivity index (χ0v) is 18.3. The fraction of sp³-hybridized carbons (Fsp3) is 0.409. The quantitative estimate of drug-likeness (QED) is 0.656. The van der Waals surface area contributed by atoms with Crippen LogP contribution in [-0.4, -0.2) is 38.3 Å². The van der Waals surface area contributed by atoms with Gasteiger partial charge in [0.05, 0.1) is 16.9 Å². The summed E-state index contributed by atoms with van der Waals surface area (Å²) in [4.78, 5) is 14.7. The van der Waals surface area contributed by atoms with E-state index in [0.717, 1.165) is 17.7 Å². The molecule has 31 heavy (non-hydrogen) atoms. The molecule has 2 aromatic carbocycles. The summed E-state index contributed by atoms with van der Waals surface area (Å²) in [7, 11) is -3.60. The van der Waals surface area contributed by atoms with Crippen molar-refractivity contribution in [2.24, 2.45) is 0 Å². The highest BCUT2D eigenvalue weighted by molar-refractivity contribution is 7.89. The SMILES string of the molecule is CCN(CC)S(=O)(=O)c1ccc2c(c1)CCCN2C(=O)Cc1ccc(C(F)(F)F)cc1. The number of hydrogen-bond acceptors (Lipinski definition) is 3. The largest absolute Gasteiger partial charge is 0.416 e. The van der Waals surface area contributed by atoms with Crippen molar-refractivity contribution >= 4 is 21.6 Å². The number of amides is 1. The highest BCUT2D eigenvalue weighted by atomic mass is 32.2. The number of nitrogens with zero attached hydrogens (tertiary/aromatic N) is 2. The lowest BCUT2D eigenvalue weighted by molar-refractivity contribution is -0.137. The Morgan fingerprint density at radius 1 is 1.06 bits per heavy atom. The van der Waals surface area contributed by atoms with Crippen LogP contribution in [0.2, 0.25) is 0 Å². The Kier molecular flexibility index (Phi) is 6.76. The molecule has 9 heteroatoms. The Morgan fingerprint density at radius 3 is 2.29 bits per heavy atom. The molecule has 0 saturated carbocycles. The van der Waals surface area contributed by atoms with Crippen molar-refractivity contribution in [3.8, 4) is 0 Å². The maximum Gasteiger partial charge on any atom is 0.416 e. The predicted molar refractivity (Wildman–Crippen MR) is 112 cm³/mol. The maximum absolute atomic E-state index is 12.9. The Labute approximate surface area is 180 Å². The molecule has 1 amide bonds. The molecule has 1 aliphatic heterocycles. The first kappa shape index (κ1) is 23.3. The number of sulfonamides is 1. The zero-order chi connectivity index (χ0) is 22.8. The van der Waals surface area contributed by atoms with Gasteiger partial charge in [-0.05, 0) is 54.3 Å². The van der Waals surface area contributed by atoms with Gasteiger partial charge in [-0.15, -0.1) is 0 Å². The monoisotopic (exact) mass is 454 g/mol. The molecule has 1 heterocycles. The molecule has 0 bridgehead atoms. The third-order valence-corrected chi connectivity index (χ3v) is 7.50. The topological polar surface area (TPSA) is 57.7 Å². The van der Waals surface area contributed by atoms with Crippen LogP contribution >= 0.6 is 0 Å². The molecule has 0 unspecified atom stereocenters. The van der Waals surface area contributed by atoms with Gasteiger partial charge in [-0.3, -0.25) is 4.79 Å². The Morgan fingerprint density at radius 2 is 1.71 bits per heavy atom. The normalized spacial score (nSPS) is 14.6. The number of aryl methyl sites for hydroxylation is 1. The Hall–Kier alpha value is -2.39. The van der Waals surface area contributed by atoms with Gasteiger partial charge in [0.2, 0.25) is 15.9 Å². The first-order valence-corrected chi connectivity index (χ1v) is 11.6. The van der Waals surface area contributed by atoms with Crippen LogP contribution in [0.4, 0.5) is 18.9 Å². The van der Waals surface area contributed by atoms with Gasteiger partial charge in [-0.2, -0.15) is 17.5 Å².